The van der Waals surface area contributed by atoms with Gasteiger partial charge in [-0.1, -0.05) is 5.16 Å². The lowest BCUT2D eigenvalue weighted by molar-refractivity contribution is -0.134. The highest BCUT2D eigenvalue weighted by atomic mass is 32.1. The fraction of sp³-hybridized carbons (Fsp3) is 0.167. The van der Waals surface area contributed by atoms with Crippen molar-refractivity contribution >= 4 is 28.1 Å². The van der Waals surface area contributed by atoms with E-state index in [9.17, 15) is 13.6 Å². The van der Waals surface area contributed by atoms with E-state index in [0.29, 0.717) is 0 Å². The van der Waals surface area contributed by atoms with Gasteiger partial charge in [0.05, 0.1) is 0 Å². The molecule has 0 unspecified atom stereocenters. The van der Waals surface area contributed by atoms with Gasteiger partial charge in [-0.25, -0.2) is 9.78 Å². The molecular weight excluding hydrogens is 232 g/mol. The van der Waals surface area contributed by atoms with Crippen molar-refractivity contribution in [3.63, 3.8) is 0 Å². The maximum atomic E-state index is 11.6. The molecule has 0 aromatic carbocycles. The normalized spacial score (nSPS) is 11.8. The molecule has 0 saturated heterocycles. The summed E-state index contributed by atoms with van der Waals surface area (Å²) in [7, 11) is 0. The smallest absolute Gasteiger partial charge is 0.407 e. The van der Waals surface area contributed by atoms with Crippen LogP contribution in [-0.4, -0.2) is 28.4 Å². The first-order chi connectivity index (χ1) is 7.00. The minimum Gasteiger partial charge on any atom is -0.476 e. The average Bonchev–Trinajstić information content (AvgIpc) is 2.51. The van der Waals surface area contributed by atoms with E-state index in [2.05, 4.69) is 15.0 Å². The molecule has 0 saturated carbocycles. The predicted octanol–water partition coefficient (Wildman–Crippen LogP) is 0.753. The number of nitrogen functional groups attached to an aromatic ring is 1. The zero-order valence-electron chi connectivity index (χ0n) is 7.05. The Hall–Kier alpha value is -1.77. The summed E-state index contributed by atoms with van der Waals surface area (Å²) >= 11 is 0.964. The summed E-state index contributed by atoms with van der Waals surface area (Å²) in [6, 6.07) is 0. The molecule has 0 aliphatic rings. The number of aromatic nitrogens is 1. The van der Waals surface area contributed by atoms with Gasteiger partial charge >= 0.3 is 12.6 Å². The maximum absolute atomic E-state index is 11.6. The molecule has 1 aromatic rings. The van der Waals surface area contributed by atoms with E-state index in [1.807, 2.05) is 0 Å². The van der Waals surface area contributed by atoms with Crippen LogP contribution in [0.4, 0.5) is 13.9 Å². The molecule has 1 heterocycles. The molecule has 0 aliphatic carbocycles. The van der Waals surface area contributed by atoms with Gasteiger partial charge in [0.15, 0.2) is 5.13 Å². The Morgan fingerprint density at radius 1 is 1.73 bits per heavy atom. The highest BCUT2D eigenvalue weighted by Gasteiger charge is 2.17. The molecule has 0 bridgehead atoms. The summed E-state index contributed by atoms with van der Waals surface area (Å²) in [5.41, 5.74) is 4.40. The standard InChI is InChI=1S/C6H5F2N3O3S/c7-5(8)14-11-3(4(12)13)2-1-15-6(9)10-2/h1,5H,(H2,9,10)(H,12,13)/b11-3-. The first kappa shape index (κ1) is 11.3. The van der Waals surface area contributed by atoms with Crippen molar-refractivity contribution in [3.8, 4) is 0 Å². The number of hydrogen-bond donors (Lipinski definition) is 2. The Morgan fingerprint density at radius 2 is 2.40 bits per heavy atom. The number of rotatable bonds is 4. The van der Waals surface area contributed by atoms with Gasteiger partial charge in [-0.2, -0.15) is 8.78 Å². The van der Waals surface area contributed by atoms with E-state index >= 15 is 0 Å². The van der Waals surface area contributed by atoms with Crippen LogP contribution >= 0.6 is 11.3 Å². The van der Waals surface area contributed by atoms with Crippen molar-refractivity contribution < 1.29 is 23.5 Å². The molecule has 0 fully saturated rings. The number of thiazole rings is 1. The van der Waals surface area contributed by atoms with Crippen LogP contribution in [0.3, 0.4) is 0 Å². The minimum atomic E-state index is -3.18. The number of alkyl halides is 2. The number of anilines is 1. The molecule has 82 valence electrons. The number of hydrogen-bond acceptors (Lipinski definition) is 6. The third kappa shape index (κ3) is 3.13. The molecule has 0 spiro atoms. The highest BCUT2D eigenvalue weighted by molar-refractivity contribution is 7.13. The lowest BCUT2D eigenvalue weighted by Crippen LogP contribution is -2.16. The largest absolute Gasteiger partial charge is 0.476 e. The van der Waals surface area contributed by atoms with Crippen LogP contribution in [0, 0.1) is 0 Å². The molecule has 0 radical (unpaired) electrons. The van der Waals surface area contributed by atoms with E-state index < -0.39 is 18.3 Å². The predicted molar refractivity (Wildman–Crippen MR) is 47.8 cm³/mol. The number of oxime groups is 1. The molecule has 3 N–H and O–H groups in total. The summed E-state index contributed by atoms with van der Waals surface area (Å²) in [4.78, 5) is 17.7. The number of halogens is 2. The third-order valence-electron chi connectivity index (χ3n) is 1.19. The van der Waals surface area contributed by atoms with Gasteiger partial charge in [0.25, 0.3) is 0 Å². The summed E-state index contributed by atoms with van der Waals surface area (Å²) in [5, 5.41) is 12.8. The zero-order chi connectivity index (χ0) is 11.4. The Kier molecular flexibility index (Phi) is 3.50. The van der Waals surface area contributed by atoms with Gasteiger partial charge in [0.1, 0.15) is 5.69 Å². The maximum Gasteiger partial charge on any atom is 0.407 e. The van der Waals surface area contributed by atoms with E-state index in [-0.39, 0.29) is 10.8 Å². The summed E-state index contributed by atoms with van der Waals surface area (Å²) in [6.45, 7) is -3.18. The van der Waals surface area contributed by atoms with E-state index in [0.717, 1.165) is 11.3 Å². The fourth-order valence-corrected chi connectivity index (χ4v) is 1.23. The molecule has 0 aliphatic heterocycles. The first-order valence-corrected chi connectivity index (χ1v) is 4.35. The van der Waals surface area contributed by atoms with Crippen LogP contribution < -0.4 is 5.73 Å². The SMILES string of the molecule is Nc1nc(/C(=N/OC(F)F)C(=O)O)cs1. The highest BCUT2D eigenvalue weighted by Crippen LogP contribution is 2.12. The number of aliphatic carboxylic acids is 1. The number of carbonyl (C=O) groups is 1. The number of carboxylic acids is 1. The van der Waals surface area contributed by atoms with Crippen LogP contribution in [0.2, 0.25) is 0 Å². The van der Waals surface area contributed by atoms with Crippen LogP contribution in [0.5, 0.6) is 0 Å². The minimum absolute atomic E-state index is 0.107. The first-order valence-electron chi connectivity index (χ1n) is 3.47. The third-order valence-corrected chi connectivity index (χ3v) is 1.86. The lowest BCUT2D eigenvalue weighted by Gasteiger charge is -1.97. The van der Waals surface area contributed by atoms with Gasteiger partial charge < -0.3 is 15.7 Å². The summed E-state index contributed by atoms with van der Waals surface area (Å²) in [6.07, 6.45) is 0. The molecule has 1 rings (SSSR count). The average molecular weight is 237 g/mol. The molecule has 6 nitrogen and oxygen atoms in total. The second kappa shape index (κ2) is 4.64. The second-order valence-corrected chi connectivity index (χ2v) is 3.07. The number of nitrogens with two attached hydrogens (primary N) is 1. The van der Waals surface area contributed by atoms with Crippen molar-refractivity contribution in [1.82, 2.24) is 4.98 Å². The Bertz CT molecular complexity index is 393. The van der Waals surface area contributed by atoms with Crippen molar-refractivity contribution in [1.29, 1.82) is 0 Å². The van der Waals surface area contributed by atoms with Crippen molar-refractivity contribution in [3.05, 3.63) is 11.1 Å². The Labute approximate surface area is 86.0 Å². The lowest BCUT2D eigenvalue weighted by atomic mass is 10.3. The molecule has 1 aromatic heterocycles. The molecular formula is C6H5F2N3O3S. The number of nitrogens with zero attached hydrogens (tertiary/aromatic N) is 2. The van der Waals surface area contributed by atoms with Gasteiger partial charge in [0, 0.05) is 5.38 Å². The zero-order valence-corrected chi connectivity index (χ0v) is 7.87. The summed E-state index contributed by atoms with van der Waals surface area (Å²) in [5.74, 6) is -1.53. The fourth-order valence-electron chi connectivity index (χ4n) is 0.684. The monoisotopic (exact) mass is 237 g/mol. The molecule has 0 atom stereocenters. The molecule has 15 heavy (non-hydrogen) atoms. The Balaban J connectivity index is 2.93. The molecule has 0 amide bonds. The second-order valence-electron chi connectivity index (χ2n) is 2.18. The van der Waals surface area contributed by atoms with Gasteiger partial charge in [0.2, 0.25) is 5.71 Å². The van der Waals surface area contributed by atoms with Crippen molar-refractivity contribution in [2.24, 2.45) is 5.16 Å². The quantitative estimate of drug-likeness (QED) is 0.594. The Morgan fingerprint density at radius 3 is 2.80 bits per heavy atom. The van der Waals surface area contributed by atoms with E-state index in [4.69, 9.17) is 10.8 Å². The topological polar surface area (TPSA) is 97.8 Å². The van der Waals surface area contributed by atoms with Crippen molar-refractivity contribution in [2.45, 2.75) is 6.61 Å². The van der Waals surface area contributed by atoms with Gasteiger partial charge in [-0.3, -0.25) is 0 Å². The van der Waals surface area contributed by atoms with Crippen molar-refractivity contribution in [2.75, 3.05) is 5.73 Å². The van der Waals surface area contributed by atoms with E-state index in [1.165, 1.54) is 5.38 Å². The molecule has 9 heteroatoms. The van der Waals surface area contributed by atoms with Gasteiger partial charge in [-0.05, 0) is 0 Å². The van der Waals surface area contributed by atoms with Crippen LogP contribution in [0.25, 0.3) is 0 Å². The van der Waals surface area contributed by atoms with Crippen LogP contribution in [0.1, 0.15) is 5.69 Å². The summed E-state index contributed by atoms with van der Waals surface area (Å²) < 4.78 is 23.2. The van der Waals surface area contributed by atoms with Crippen LogP contribution in [0.15, 0.2) is 10.5 Å². The number of carboxylic acid groups (broad SMARTS) is 1. The van der Waals surface area contributed by atoms with Gasteiger partial charge in [-0.15, -0.1) is 11.3 Å². The van der Waals surface area contributed by atoms with Crippen LogP contribution in [-0.2, 0) is 9.63 Å². The van der Waals surface area contributed by atoms with E-state index in [1.54, 1.807) is 0 Å².